The van der Waals surface area contributed by atoms with Gasteiger partial charge in [0.1, 0.15) is 0 Å². The van der Waals surface area contributed by atoms with Crippen LogP contribution in [0, 0.1) is 5.92 Å². The molecule has 0 amide bonds. The SMILES string of the molecule is CCNC1CCCCCCC1N(CCOC)C(C)C1CC1. The molecule has 3 atom stereocenters. The molecule has 1 N–H and O–H groups in total. The van der Waals surface area contributed by atoms with Gasteiger partial charge in [-0.1, -0.05) is 32.6 Å². The van der Waals surface area contributed by atoms with Crippen LogP contribution in [0.15, 0.2) is 0 Å². The van der Waals surface area contributed by atoms with Crippen LogP contribution >= 0.6 is 0 Å². The summed E-state index contributed by atoms with van der Waals surface area (Å²) in [6.45, 7) is 7.76. The van der Waals surface area contributed by atoms with Crippen molar-refractivity contribution >= 4 is 0 Å². The van der Waals surface area contributed by atoms with Crippen LogP contribution in [-0.4, -0.2) is 49.8 Å². The van der Waals surface area contributed by atoms with Gasteiger partial charge in [-0.05, 0) is 45.1 Å². The first kappa shape index (κ1) is 17.2. The molecule has 21 heavy (non-hydrogen) atoms. The Bertz CT molecular complexity index is 280. The van der Waals surface area contributed by atoms with Gasteiger partial charge in [-0.3, -0.25) is 4.90 Å². The van der Waals surface area contributed by atoms with Crippen molar-refractivity contribution in [3.8, 4) is 0 Å². The molecule has 0 spiro atoms. The maximum atomic E-state index is 5.40. The number of nitrogens with one attached hydrogen (secondary N) is 1. The van der Waals surface area contributed by atoms with E-state index in [0.717, 1.165) is 31.7 Å². The number of hydrogen-bond acceptors (Lipinski definition) is 3. The topological polar surface area (TPSA) is 24.5 Å². The molecule has 0 radical (unpaired) electrons. The highest BCUT2D eigenvalue weighted by Gasteiger charge is 2.37. The molecule has 3 unspecified atom stereocenters. The van der Waals surface area contributed by atoms with Gasteiger partial charge in [-0.15, -0.1) is 0 Å². The molecular formula is C18H36N2O. The van der Waals surface area contributed by atoms with Gasteiger partial charge in [0.05, 0.1) is 6.61 Å². The maximum Gasteiger partial charge on any atom is 0.0589 e. The van der Waals surface area contributed by atoms with Crippen LogP contribution in [0.4, 0.5) is 0 Å². The Morgan fingerprint density at radius 3 is 2.43 bits per heavy atom. The van der Waals surface area contributed by atoms with Gasteiger partial charge < -0.3 is 10.1 Å². The number of ether oxygens (including phenoxy) is 1. The number of nitrogens with zero attached hydrogens (tertiary/aromatic N) is 1. The maximum absolute atomic E-state index is 5.40. The second kappa shape index (κ2) is 9.12. The molecular weight excluding hydrogens is 260 g/mol. The number of hydrogen-bond donors (Lipinski definition) is 1. The average molecular weight is 296 g/mol. The molecule has 2 aliphatic carbocycles. The molecule has 0 heterocycles. The van der Waals surface area contributed by atoms with E-state index in [1.165, 1.54) is 51.4 Å². The molecule has 2 fully saturated rings. The average Bonchev–Trinajstić information content (AvgIpc) is 3.29. The Hall–Kier alpha value is -0.120. The largest absolute Gasteiger partial charge is 0.383 e. The van der Waals surface area contributed by atoms with Gasteiger partial charge in [-0.25, -0.2) is 0 Å². The zero-order chi connectivity index (χ0) is 15.1. The number of methoxy groups -OCH3 is 1. The molecule has 3 nitrogen and oxygen atoms in total. The van der Waals surface area contributed by atoms with E-state index in [2.05, 4.69) is 24.1 Å². The molecule has 2 rings (SSSR count). The van der Waals surface area contributed by atoms with E-state index in [4.69, 9.17) is 4.74 Å². The summed E-state index contributed by atoms with van der Waals surface area (Å²) in [7, 11) is 1.83. The third-order valence-electron chi connectivity index (χ3n) is 5.50. The summed E-state index contributed by atoms with van der Waals surface area (Å²) in [5, 5.41) is 3.79. The summed E-state index contributed by atoms with van der Waals surface area (Å²) in [4.78, 5) is 2.79. The summed E-state index contributed by atoms with van der Waals surface area (Å²) in [6.07, 6.45) is 11.2. The standard InChI is InChI=1S/C18H36N2O/c1-4-19-17-9-7-5-6-8-10-18(17)20(13-14-21-3)15(2)16-11-12-16/h15-19H,4-14H2,1-3H3. The van der Waals surface area contributed by atoms with Gasteiger partial charge in [-0.2, -0.15) is 0 Å². The summed E-state index contributed by atoms with van der Waals surface area (Å²) in [5.74, 6) is 0.939. The van der Waals surface area contributed by atoms with Crippen molar-refractivity contribution in [2.75, 3.05) is 26.8 Å². The summed E-state index contributed by atoms with van der Waals surface area (Å²) < 4.78 is 5.40. The molecule has 0 saturated heterocycles. The van der Waals surface area contributed by atoms with Crippen molar-refractivity contribution in [2.24, 2.45) is 5.92 Å². The van der Waals surface area contributed by atoms with Gasteiger partial charge in [0, 0.05) is 31.8 Å². The first-order chi connectivity index (χ1) is 10.3. The highest BCUT2D eigenvalue weighted by atomic mass is 16.5. The highest BCUT2D eigenvalue weighted by Crippen LogP contribution is 2.37. The minimum absolute atomic E-state index is 0.674. The van der Waals surface area contributed by atoms with E-state index in [1.54, 1.807) is 0 Å². The smallest absolute Gasteiger partial charge is 0.0589 e. The number of likely N-dealkylation sites (N-methyl/N-ethyl adjacent to an activating group) is 1. The molecule has 3 heteroatoms. The molecule has 0 aromatic carbocycles. The first-order valence-electron chi connectivity index (χ1n) is 9.26. The fourth-order valence-corrected chi connectivity index (χ4v) is 4.08. The van der Waals surface area contributed by atoms with E-state index in [9.17, 15) is 0 Å². The van der Waals surface area contributed by atoms with Crippen LogP contribution in [0.25, 0.3) is 0 Å². The highest BCUT2D eigenvalue weighted by molar-refractivity contribution is 4.93. The number of rotatable bonds is 8. The Labute approximate surface area is 131 Å². The molecule has 0 aromatic rings. The van der Waals surface area contributed by atoms with Gasteiger partial charge >= 0.3 is 0 Å². The van der Waals surface area contributed by atoms with Crippen LogP contribution in [-0.2, 0) is 4.74 Å². The van der Waals surface area contributed by atoms with Crippen LogP contribution in [0.5, 0.6) is 0 Å². The Morgan fingerprint density at radius 2 is 1.81 bits per heavy atom. The van der Waals surface area contributed by atoms with E-state index in [1.807, 2.05) is 7.11 Å². The molecule has 0 bridgehead atoms. The van der Waals surface area contributed by atoms with E-state index in [-0.39, 0.29) is 0 Å². The third kappa shape index (κ3) is 5.22. The molecule has 0 aromatic heterocycles. The van der Waals surface area contributed by atoms with Crippen molar-refractivity contribution in [1.29, 1.82) is 0 Å². The lowest BCUT2D eigenvalue weighted by molar-refractivity contribution is 0.0541. The predicted octanol–water partition coefficient (Wildman–Crippen LogP) is 3.43. The Balaban J connectivity index is 2.06. The van der Waals surface area contributed by atoms with Crippen LogP contribution in [0.2, 0.25) is 0 Å². The van der Waals surface area contributed by atoms with Gasteiger partial charge in [0.2, 0.25) is 0 Å². The zero-order valence-corrected chi connectivity index (χ0v) is 14.4. The summed E-state index contributed by atoms with van der Waals surface area (Å²) in [5.41, 5.74) is 0. The van der Waals surface area contributed by atoms with E-state index >= 15 is 0 Å². The van der Waals surface area contributed by atoms with Crippen molar-refractivity contribution in [1.82, 2.24) is 10.2 Å². The lowest BCUT2D eigenvalue weighted by Crippen LogP contribution is -2.54. The van der Waals surface area contributed by atoms with E-state index in [0.29, 0.717) is 12.1 Å². The monoisotopic (exact) mass is 296 g/mol. The minimum Gasteiger partial charge on any atom is -0.383 e. The summed E-state index contributed by atoms with van der Waals surface area (Å²) >= 11 is 0. The van der Waals surface area contributed by atoms with Gasteiger partial charge in [0.25, 0.3) is 0 Å². The van der Waals surface area contributed by atoms with Crippen molar-refractivity contribution in [3.05, 3.63) is 0 Å². The fourth-order valence-electron chi connectivity index (χ4n) is 4.08. The fraction of sp³-hybridized carbons (Fsp3) is 1.00. The normalized spacial score (nSPS) is 29.1. The molecule has 2 aliphatic rings. The molecule has 124 valence electrons. The van der Waals surface area contributed by atoms with E-state index < -0.39 is 0 Å². The molecule has 0 aliphatic heterocycles. The third-order valence-corrected chi connectivity index (χ3v) is 5.50. The lowest BCUT2D eigenvalue weighted by atomic mass is 9.89. The lowest BCUT2D eigenvalue weighted by Gasteiger charge is -2.42. The second-order valence-electron chi connectivity index (χ2n) is 7.03. The Kier molecular flexibility index (Phi) is 7.48. The minimum atomic E-state index is 0.674. The van der Waals surface area contributed by atoms with Crippen molar-refractivity contribution < 1.29 is 4.74 Å². The van der Waals surface area contributed by atoms with Crippen molar-refractivity contribution in [2.45, 2.75) is 83.3 Å². The van der Waals surface area contributed by atoms with Crippen LogP contribution in [0.3, 0.4) is 0 Å². The zero-order valence-electron chi connectivity index (χ0n) is 14.4. The first-order valence-corrected chi connectivity index (χ1v) is 9.26. The molecule has 2 saturated carbocycles. The quantitative estimate of drug-likeness (QED) is 0.742. The Morgan fingerprint density at radius 1 is 1.10 bits per heavy atom. The van der Waals surface area contributed by atoms with Crippen LogP contribution < -0.4 is 5.32 Å². The van der Waals surface area contributed by atoms with Crippen LogP contribution in [0.1, 0.15) is 65.2 Å². The second-order valence-corrected chi connectivity index (χ2v) is 7.03. The predicted molar refractivity (Wildman–Crippen MR) is 89.7 cm³/mol. The van der Waals surface area contributed by atoms with Crippen molar-refractivity contribution in [3.63, 3.8) is 0 Å². The van der Waals surface area contributed by atoms with Gasteiger partial charge in [0.15, 0.2) is 0 Å². The summed E-state index contributed by atoms with van der Waals surface area (Å²) in [6, 6.07) is 2.11.